The SMILES string of the molecule is CC(C)NCC(O)COc1cccc([N+](=O)[O-])c1. The van der Waals surface area contributed by atoms with E-state index in [0.29, 0.717) is 12.3 Å². The van der Waals surface area contributed by atoms with Gasteiger partial charge in [0.05, 0.1) is 11.0 Å². The van der Waals surface area contributed by atoms with Crippen LogP contribution >= 0.6 is 0 Å². The van der Waals surface area contributed by atoms with Gasteiger partial charge in [0, 0.05) is 18.7 Å². The van der Waals surface area contributed by atoms with Crippen molar-refractivity contribution >= 4 is 5.69 Å². The van der Waals surface area contributed by atoms with Gasteiger partial charge in [-0.2, -0.15) is 0 Å². The van der Waals surface area contributed by atoms with Gasteiger partial charge >= 0.3 is 0 Å². The van der Waals surface area contributed by atoms with Crippen molar-refractivity contribution in [1.29, 1.82) is 0 Å². The van der Waals surface area contributed by atoms with Crippen LogP contribution in [0.25, 0.3) is 0 Å². The molecule has 6 heteroatoms. The van der Waals surface area contributed by atoms with E-state index in [1.165, 1.54) is 12.1 Å². The smallest absolute Gasteiger partial charge is 0.273 e. The van der Waals surface area contributed by atoms with Gasteiger partial charge < -0.3 is 15.2 Å². The Labute approximate surface area is 106 Å². The molecule has 1 atom stereocenters. The molecule has 0 aliphatic carbocycles. The molecule has 0 saturated carbocycles. The van der Waals surface area contributed by atoms with Gasteiger partial charge in [-0.3, -0.25) is 10.1 Å². The molecule has 0 aromatic heterocycles. The molecule has 1 aromatic carbocycles. The normalized spacial score (nSPS) is 12.4. The minimum absolute atomic E-state index is 0.0257. The van der Waals surface area contributed by atoms with Crippen LogP contribution in [-0.2, 0) is 0 Å². The molecule has 1 unspecified atom stereocenters. The molecule has 0 aliphatic heterocycles. The average molecular weight is 254 g/mol. The molecule has 6 nitrogen and oxygen atoms in total. The second-order valence-electron chi connectivity index (χ2n) is 4.28. The minimum atomic E-state index is -0.647. The molecule has 18 heavy (non-hydrogen) atoms. The molecule has 0 amide bonds. The summed E-state index contributed by atoms with van der Waals surface area (Å²) in [5.41, 5.74) is -0.0257. The summed E-state index contributed by atoms with van der Waals surface area (Å²) in [6, 6.07) is 6.19. The van der Waals surface area contributed by atoms with Crippen molar-refractivity contribution in [3.63, 3.8) is 0 Å². The second-order valence-corrected chi connectivity index (χ2v) is 4.28. The third-order valence-electron chi connectivity index (χ3n) is 2.23. The van der Waals surface area contributed by atoms with Crippen molar-refractivity contribution in [2.75, 3.05) is 13.2 Å². The van der Waals surface area contributed by atoms with Crippen LogP contribution in [0.3, 0.4) is 0 Å². The summed E-state index contributed by atoms with van der Waals surface area (Å²) in [6.07, 6.45) is -0.647. The summed E-state index contributed by atoms with van der Waals surface area (Å²) >= 11 is 0. The lowest BCUT2D eigenvalue weighted by atomic mass is 10.3. The Bertz CT molecular complexity index is 395. The first kappa shape index (κ1) is 14.4. The fraction of sp³-hybridized carbons (Fsp3) is 0.500. The third kappa shape index (κ3) is 5.11. The summed E-state index contributed by atoms with van der Waals surface area (Å²) in [4.78, 5) is 10.1. The predicted octanol–water partition coefficient (Wildman–Crippen LogP) is 1.33. The van der Waals surface area contributed by atoms with E-state index in [0.717, 1.165) is 0 Å². The molecule has 0 spiro atoms. The van der Waals surface area contributed by atoms with E-state index in [-0.39, 0.29) is 18.3 Å². The summed E-state index contributed by atoms with van der Waals surface area (Å²) in [7, 11) is 0. The molecule has 0 fully saturated rings. The fourth-order valence-corrected chi connectivity index (χ4v) is 1.31. The molecule has 1 rings (SSSR count). The van der Waals surface area contributed by atoms with Crippen LogP contribution in [0.2, 0.25) is 0 Å². The number of aliphatic hydroxyl groups is 1. The van der Waals surface area contributed by atoms with E-state index in [4.69, 9.17) is 4.74 Å². The molecule has 0 saturated heterocycles. The van der Waals surface area contributed by atoms with E-state index in [1.807, 2.05) is 13.8 Å². The molecule has 0 bridgehead atoms. The summed E-state index contributed by atoms with van der Waals surface area (Å²) in [6.45, 7) is 4.48. The van der Waals surface area contributed by atoms with Crippen molar-refractivity contribution in [2.45, 2.75) is 26.0 Å². The Kier molecular flexibility index (Phi) is 5.54. The molecule has 2 N–H and O–H groups in total. The Balaban J connectivity index is 2.43. The number of nitrogens with zero attached hydrogens (tertiary/aromatic N) is 1. The third-order valence-corrected chi connectivity index (χ3v) is 2.23. The van der Waals surface area contributed by atoms with Crippen LogP contribution in [0, 0.1) is 10.1 Å². The van der Waals surface area contributed by atoms with E-state index < -0.39 is 11.0 Å². The van der Waals surface area contributed by atoms with Crippen molar-refractivity contribution in [3.05, 3.63) is 34.4 Å². The Morgan fingerprint density at radius 1 is 1.50 bits per heavy atom. The van der Waals surface area contributed by atoms with Gasteiger partial charge in [0.1, 0.15) is 18.5 Å². The van der Waals surface area contributed by atoms with Crippen molar-refractivity contribution < 1.29 is 14.8 Å². The number of ether oxygens (including phenoxy) is 1. The zero-order valence-corrected chi connectivity index (χ0v) is 10.5. The topological polar surface area (TPSA) is 84.6 Å². The van der Waals surface area contributed by atoms with Crippen molar-refractivity contribution in [1.82, 2.24) is 5.32 Å². The number of hydrogen-bond acceptors (Lipinski definition) is 5. The van der Waals surface area contributed by atoms with Gasteiger partial charge in [-0.25, -0.2) is 0 Å². The summed E-state index contributed by atoms with van der Waals surface area (Å²) in [5, 5.41) is 23.2. The number of hydrogen-bond donors (Lipinski definition) is 2. The highest BCUT2D eigenvalue weighted by Crippen LogP contribution is 2.19. The maximum Gasteiger partial charge on any atom is 0.273 e. The summed E-state index contributed by atoms with van der Waals surface area (Å²) in [5.74, 6) is 0.382. The largest absolute Gasteiger partial charge is 0.491 e. The zero-order chi connectivity index (χ0) is 13.5. The predicted molar refractivity (Wildman–Crippen MR) is 67.7 cm³/mol. The Morgan fingerprint density at radius 2 is 2.22 bits per heavy atom. The number of nitro benzene ring substituents is 1. The highest BCUT2D eigenvalue weighted by atomic mass is 16.6. The van der Waals surface area contributed by atoms with Gasteiger partial charge in [0.15, 0.2) is 0 Å². The van der Waals surface area contributed by atoms with Crippen LogP contribution in [0.5, 0.6) is 5.75 Å². The average Bonchev–Trinajstić information content (AvgIpc) is 2.34. The van der Waals surface area contributed by atoms with E-state index in [1.54, 1.807) is 12.1 Å². The molecular formula is C12H18N2O4. The highest BCUT2D eigenvalue weighted by molar-refractivity contribution is 5.37. The number of benzene rings is 1. The van der Waals surface area contributed by atoms with Gasteiger partial charge in [0.2, 0.25) is 0 Å². The monoisotopic (exact) mass is 254 g/mol. The maximum atomic E-state index is 10.6. The van der Waals surface area contributed by atoms with E-state index >= 15 is 0 Å². The summed E-state index contributed by atoms with van der Waals surface area (Å²) < 4.78 is 5.30. The molecule has 1 aromatic rings. The molecule has 0 aliphatic rings. The lowest BCUT2D eigenvalue weighted by Gasteiger charge is -2.14. The number of non-ortho nitro benzene ring substituents is 1. The molecular weight excluding hydrogens is 236 g/mol. The van der Waals surface area contributed by atoms with Gasteiger partial charge in [-0.05, 0) is 6.07 Å². The van der Waals surface area contributed by atoms with Gasteiger partial charge in [-0.1, -0.05) is 19.9 Å². The van der Waals surface area contributed by atoms with Crippen LogP contribution in [0.15, 0.2) is 24.3 Å². The molecule has 0 heterocycles. The number of aliphatic hydroxyl groups excluding tert-OH is 1. The quantitative estimate of drug-likeness (QED) is 0.566. The first-order valence-electron chi connectivity index (χ1n) is 5.77. The first-order valence-corrected chi connectivity index (χ1v) is 5.77. The fourth-order valence-electron chi connectivity index (χ4n) is 1.31. The van der Waals surface area contributed by atoms with Crippen molar-refractivity contribution in [3.8, 4) is 5.75 Å². The van der Waals surface area contributed by atoms with E-state index in [9.17, 15) is 15.2 Å². The van der Waals surface area contributed by atoms with Gasteiger partial charge in [0.25, 0.3) is 5.69 Å². The second kappa shape index (κ2) is 6.93. The maximum absolute atomic E-state index is 10.6. The Hall–Kier alpha value is -1.66. The highest BCUT2D eigenvalue weighted by Gasteiger charge is 2.09. The molecule has 100 valence electrons. The Morgan fingerprint density at radius 3 is 2.83 bits per heavy atom. The number of nitrogens with one attached hydrogen (secondary N) is 1. The van der Waals surface area contributed by atoms with Crippen LogP contribution in [0.1, 0.15) is 13.8 Å². The zero-order valence-electron chi connectivity index (χ0n) is 10.5. The van der Waals surface area contributed by atoms with Crippen LogP contribution in [0.4, 0.5) is 5.69 Å². The lowest BCUT2D eigenvalue weighted by molar-refractivity contribution is -0.384. The first-order chi connectivity index (χ1) is 8.49. The molecule has 0 radical (unpaired) electrons. The van der Waals surface area contributed by atoms with Crippen LogP contribution < -0.4 is 10.1 Å². The van der Waals surface area contributed by atoms with Crippen LogP contribution in [-0.4, -0.2) is 35.3 Å². The number of rotatable bonds is 7. The van der Waals surface area contributed by atoms with E-state index in [2.05, 4.69) is 5.32 Å². The lowest BCUT2D eigenvalue weighted by Crippen LogP contribution is -2.35. The van der Waals surface area contributed by atoms with Crippen molar-refractivity contribution in [2.24, 2.45) is 0 Å². The number of nitro groups is 1. The minimum Gasteiger partial charge on any atom is -0.491 e. The standard InChI is InChI=1S/C12H18N2O4/c1-9(2)13-7-11(15)8-18-12-5-3-4-10(6-12)14(16)17/h3-6,9,11,13,15H,7-8H2,1-2H3. The van der Waals surface area contributed by atoms with Gasteiger partial charge in [-0.15, -0.1) is 0 Å².